The quantitative estimate of drug-likeness (QED) is 0.377. The lowest BCUT2D eigenvalue weighted by Crippen LogP contribution is -2.41. The monoisotopic (exact) mass is 337 g/mol. The summed E-state index contributed by atoms with van der Waals surface area (Å²) in [7, 11) is 5.70. The normalized spacial score (nSPS) is 23.5. The molecule has 1 saturated heterocycles. The van der Waals surface area contributed by atoms with Gasteiger partial charge < -0.3 is 15.2 Å². The topological polar surface area (TPSA) is 58.6 Å². The molecular weight excluding hydrogens is 301 g/mol. The molecule has 1 heterocycles. The molecule has 1 fully saturated rings. The van der Waals surface area contributed by atoms with Crippen LogP contribution < -0.4 is 5.32 Å². The highest BCUT2D eigenvalue weighted by Gasteiger charge is 2.32. The number of carbonyl (C=O) groups is 1. The van der Waals surface area contributed by atoms with Crippen LogP contribution in [0.25, 0.3) is 0 Å². The predicted molar refractivity (Wildman–Crippen MR) is 99.1 cm³/mol. The third kappa shape index (κ3) is 9.68. The molecule has 1 unspecified atom stereocenters. The summed E-state index contributed by atoms with van der Waals surface area (Å²) in [4.78, 5) is 11.9. The van der Waals surface area contributed by atoms with E-state index in [9.17, 15) is 9.90 Å². The Morgan fingerprint density at radius 1 is 1.04 bits per heavy atom. The molecule has 0 saturated carbocycles. The molecule has 1 amide bonds. The van der Waals surface area contributed by atoms with Crippen molar-refractivity contribution in [2.75, 3.05) is 6.61 Å². The van der Waals surface area contributed by atoms with Crippen LogP contribution in [0.3, 0.4) is 0 Å². The van der Waals surface area contributed by atoms with Gasteiger partial charge in [0, 0.05) is 12.4 Å². The van der Waals surface area contributed by atoms with Crippen LogP contribution in [-0.4, -0.2) is 43.6 Å². The lowest BCUT2D eigenvalue weighted by atomic mass is 9.95. The van der Waals surface area contributed by atoms with Crippen molar-refractivity contribution in [2.45, 2.75) is 109 Å². The Morgan fingerprint density at radius 3 is 2.12 bits per heavy atom. The Balaban J connectivity index is 1.91. The summed E-state index contributed by atoms with van der Waals surface area (Å²) in [5.74, 6) is 0.0482. The number of aliphatic hydroxyl groups excluding tert-OH is 1. The minimum Gasteiger partial charge on any atom is -0.394 e. The molecule has 138 valence electrons. The van der Waals surface area contributed by atoms with Gasteiger partial charge in [-0.1, -0.05) is 71.1 Å². The maximum atomic E-state index is 11.9. The number of amides is 1. The van der Waals surface area contributed by atoms with Gasteiger partial charge in [-0.3, -0.25) is 4.79 Å². The van der Waals surface area contributed by atoms with Crippen molar-refractivity contribution in [1.29, 1.82) is 0 Å². The summed E-state index contributed by atoms with van der Waals surface area (Å²) in [6.07, 6.45) is 14.9. The molecule has 0 bridgehead atoms. The molecule has 0 aromatic heterocycles. The summed E-state index contributed by atoms with van der Waals surface area (Å²) in [6, 6.07) is -0.528. The van der Waals surface area contributed by atoms with Crippen molar-refractivity contribution >= 4 is 13.8 Å². The third-order valence-electron chi connectivity index (χ3n) is 4.82. The Hall–Kier alpha value is -0.545. The first-order valence-electron chi connectivity index (χ1n) is 9.98. The number of hydrogen-bond donors (Lipinski definition) is 2. The summed E-state index contributed by atoms with van der Waals surface area (Å²) < 4.78 is 5.35. The van der Waals surface area contributed by atoms with Gasteiger partial charge in [-0.05, 0) is 12.8 Å². The van der Waals surface area contributed by atoms with Crippen molar-refractivity contribution in [3.05, 3.63) is 0 Å². The predicted octanol–water partition coefficient (Wildman–Crippen LogP) is 3.45. The molecule has 1 aliphatic heterocycles. The van der Waals surface area contributed by atoms with Gasteiger partial charge in [0.05, 0.1) is 12.6 Å². The van der Waals surface area contributed by atoms with Crippen LogP contribution in [0.5, 0.6) is 0 Å². The highest BCUT2D eigenvalue weighted by Crippen LogP contribution is 2.18. The fourth-order valence-electron chi connectivity index (χ4n) is 3.33. The maximum absolute atomic E-state index is 11.9. The highest BCUT2D eigenvalue weighted by molar-refractivity contribution is 6.11. The van der Waals surface area contributed by atoms with Crippen LogP contribution in [0.4, 0.5) is 0 Å². The van der Waals surface area contributed by atoms with E-state index in [-0.39, 0.29) is 30.7 Å². The molecule has 0 aromatic carbocycles. The molecule has 3 atom stereocenters. The molecule has 2 radical (unpaired) electrons. The van der Waals surface area contributed by atoms with E-state index in [4.69, 9.17) is 12.6 Å². The minimum atomic E-state index is -0.380. The lowest BCUT2D eigenvalue weighted by molar-refractivity contribution is -0.122. The summed E-state index contributed by atoms with van der Waals surface area (Å²) in [5.41, 5.74) is 0. The van der Waals surface area contributed by atoms with Crippen LogP contribution in [0.1, 0.15) is 90.4 Å². The van der Waals surface area contributed by atoms with E-state index in [1.165, 1.54) is 57.8 Å². The second-order valence-electron chi connectivity index (χ2n) is 7.09. The standard InChI is InChI=1S/C19H36BNO3/c1-2-3-4-5-6-7-8-9-10-11-12-13-19(23)21-16-14-18(20)24-17(16)15-22/h16-18,22H,2-15H2,1H3,(H,21,23)/t16?,17-,18-/m1/s1. The van der Waals surface area contributed by atoms with Crippen LogP contribution >= 0.6 is 0 Å². The number of hydrogen-bond acceptors (Lipinski definition) is 3. The van der Waals surface area contributed by atoms with Gasteiger partial charge in [0.15, 0.2) is 0 Å². The first-order valence-corrected chi connectivity index (χ1v) is 9.98. The Morgan fingerprint density at radius 2 is 1.58 bits per heavy atom. The van der Waals surface area contributed by atoms with E-state index in [0.717, 1.165) is 12.8 Å². The largest absolute Gasteiger partial charge is 0.394 e. The molecule has 0 aromatic rings. The van der Waals surface area contributed by atoms with E-state index in [2.05, 4.69) is 12.2 Å². The van der Waals surface area contributed by atoms with Crippen molar-refractivity contribution in [2.24, 2.45) is 0 Å². The van der Waals surface area contributed by atoms with E-state index in [1.54, 1.807) is 0 Å². The van der Waals surface area contributed by atoms with E-state index >= 15 is 0 Å². The lowest BCUT2D eigenvalue weighted by Gasteiger charge is -2.17. The first kappa shape index (κ1) is 21.5. The zero-order valence-corrected chi connectivity index (χ0v) is 15.5. The molecular formula is C19H36BNO3. The van der Waals surface area contributed by atoms with Crippen molar-refractivity contribution in [1.82, 2.24) is 5.32 Å². The molecule has 2 N–H and O–H groups in total. The molecule has 5 heteroatoms. The number of rotatable bonds is 14. The zero-order chi connectivity index (χ0) is 17.6. The average molecular weight is 337 g/mol. The van der Waals surface area contributed by atoms with Gasteiger partial charge in [0.2, 0.25) is 5.91 Å². The Kier molecular flexibility index (Phi) is 12.3. The molecule has 0 aliphatic carbocycles. The second-order valence-corrected chi connectivity index (χ2v) is 7.09. The van der Waals surface area contributed by atoms with Crippen LogP contribution in [-0.2, 0) is 9.53 Å². The fraction of sp³-hybridized carbons (Fsp3) is 0.947. The highest BCUT2D eigenvalue weighted by atomic mass is 16.5. The van der Waals surface area contributed by atoms with E-state index < -0.39 is 0 Å². The number of aliphatic hydroxyl groups is 1. The molecule has 1 rings (SSSR count). The summed E-state index contributed by atoms with van der Waals surface area (Å²) >= 11 is 0. The van der Waals surface area contributed by atoms with Gasteiger partial charge >= 0.3 is 0 Å². The van der Waals surface area contributed by atoms with E-state index in [0.29, 0.717) is 12.8 Å². The van der Waals surface area contributed by atoms with Crippen LogP contribution in [0, 0.1) is 0 Å². The van der Waals surface area contributed by atoms with Crippen molar-refractivity contribution in [3.63, 3.8) is 0 Å². The maximum Gasteiger partial charge on any atom is 0.220 e. The summed E-state index contributed by atoms with van der Waals surface area (Å²) in [6.45, 7) is 2.15. The number of nitrogens with one attached hydrogen (secondary N) is 1. The smallest absolute Gasteiger partial charge is 0.220 e. The molecule has 1 aliphatic rings. The molecule has 24 heavy (non-hydrogen) atoms. The SMILES string of the molecule is [B][C@H]1CC(NC(=O)CCCCCCCCCCCCC)[C@@H](CO)O1. The first-order chi connectivity index (χ1) is 11.7. The number of unbranched alkanes of at least 4 members (excludes halogenated alkanes) is 10. The number of carbonyl (C=O) groups excluding carboxylic acids is 1. The molecule has 4 nitrogen and oxygen atoms in total. The van der Waals surface area contributed by atoms with Gasteiger partial charge in [-0.2, -0.15) is 0 Å². The van der Waals surface area contributed by atoms with Gasteiger partial charge in [-0.15, -0.1) is 0 Å². The van der Waals surface area contributed by atoms with Crippen molar-refractivity contribution in [3.8, 4) is 0 Å². The second kappa shape index (κ2) is 13.7. The van der Waals surface area contributed by atoms with E-state index in [1.807, 2.05) is 0 Å². The molecule has 0 spiro atoms. The van der Waals surface area contributed by atoms with Gasteiger partial charge in [0.1, 0.15) is 14.0 Å². The van der Waals surface area contributed by atoms with Crippen molar-refractivity contribution < 1.29 is 14.6 Å². The minimum absolute atomic E-state index is 0.0482. The fourth-order valence-corrected chi connectivity index (χ4v) is 3.33. The Bertz CT molecular complexity index is 328. The zero-order valence-electron chi connectivity index (χ0n) is 15.5. The average Bonchev–Trinajstić information content (AvgIpc) is 2.92. The number of ether oxygens (including phenoxy) is 1. The third-order valence-corrected chi connectivity index (χ3v) is 4.82. The van der Waals surface area contributed by atoms with Gasteiger partial charge in [-0.25, -0.2) is 0 Å². The Labute approximate surface area is 149 Å². The van der Waals surface area contributed by atoms with Gasteiger partial charge in [0.25, 0.3) is 0 Å². The summed E-state index contributed by atoms with van der Waals surface area (Å²) in [5, 5.41) is 12.2. The van der Waals surface area contributed by atoms with Crippen LogP contribution in [0.2, 0.25) is 0 Å². The van der Waals surface area contributed by atoms with Crippen LogP contribution in [0.15, 0.2) is 0 Å².